The number of aromatic nitrogens is 2. The van der Waals surface area contributed by atoms with Crippen molar-refractivity contribution in [2.75, 3.05) is 50.8 Å². The Morgan fingerprint density at radius 1 is 0.897 bits per heavy atom. The average Bonchev–Trinajstić information content (AvgIpc) is 3.71. The lowest BCUT2D eigenvalue weighted by Crippen LogP contribution is -2.54. The number of esters is 1. The minimum atomic E-state index is -1.41. The van der Waals surface area contributed by atoms with Crippen molar-refractivity contribution in [3.63, 3.8) is 0 Å². The second-order valence-corrected chi connectivity index (χ2v) is 18.7. The third-order valence-electron chi connectivity index (χ3n) is 13.1. The Morgan fingerprint density at radius 2 is 1.60 bits per heavy atom. The maximum Gasteiger partial charge on any atom is 0.369 e. The summed E-state index contributed by atoms with van der Waals surface area (Å²) >= 11 is 0. The van der Waals surface area contributed by atoms with Crippen LogP contribution >= 0.6 is 0 Å². The van der Waals surface area contributed by atoms with Crippen molar-refractivity contribution in [3.05, 3.63) is 106 Å². The molecule has 4 heterocycles. The summed E-state index contributed by atoms with van der Waals surface area (Å²) in [5.41, 5.74) is 6.28. The van der Waals surface area contributed by atoms with Crippen molar-refractivity contribution in [1.82, 2.24) is 29.8 Å². The van der Waals surface area contributed by atoms with Gasteiger partial charge < -0.3 is 29.1 Å². The fraction of sp³-hybridized carbons (Fsp3) is 0.423. The molecule has 0 bridgehead atoms. The number of hydrogen-bond donors (Lipinski definition) is 2. The van der Waals surface area contributed by atoms with Gasteiger partial charge in [0.05, 0.1) is 16.9 Å². The number of aliphatic hydroxyl groups is 1. The van der Waals surface area contributed by atoms with Crippen LogP contribution in [0, 0.1) is 20.8 Å². The lowest BCUT2D eigenvalue weighted by molar-refractivity contribution is -0.163. The van der Waals surface area contributed by atoms with E-state index in [-0.39, 0.29) is 42.2 Å². The molecule has 0 spiro atoms. The number of imide groups is 1. The number of benzene rings is 4. The summed E-state index contributed by atoms with van der Waals surface area (Å²) < 4.78 is 21.0. The molecule has 16 heteroatoms. The summed E-state index contributed by atoms with van der Waals surface area (Å²) in [6.45, 7) is 16.2. The van der Waals surface area contributed by atoms with Crippen molar-refractivity contribution in [1.29, 1.82) is 0 Å². The molecular weight excluding hydrogens is 867 g/mol. The number of piperidine rings is 1. The number of hydrogen-bond acceptors (Lipinski definition) is 12. The molecule has 2 N–H and O–H groups in total. The van der Waals surface area contributed by atoms with Gasteiger partial charge in [-0.25, -0.2) is 4.79 Å². The fourth-order valence-corrected chi connectivity index (χ4v) is 9.62. The van der Waals surface area contributed by atoms with E-state index in [1.807, 2.05) is 81.9 Å². The Kier molecular flexibility index (Phi) is 13.6. The van der Waals surface area contributed by atoms with E-state index in [9.17, 15) is 29.1 Å². The van der Waals surface area contributed by atoms with Gasteiger partial charge >= 0.3 is 5.97 Å². The molecule has 4 amide bonds. The van der Waals surface area contributed by atoms with Crippen LogP contribution in [0.2, 0.25) is 0 Å². The van der Waals surface area contributed by atoms with Gasteiger partial charge in [-0.3, -0.25) is 39.0 Å². The van der Waals surface area contributed by atoms with Gasteiger partial charge in [0.15, 0.2) is 12.8 Å². The van der Waals surface area contributed by atoms with E-state index < -0.39 is 47.8 Å². The number of amides is 4. The SMILES string of the molecule is CCc1ccc(C)c(-c2c(C)nn(C)c2C)c1N(CCN1CCN(C(=O)COc2cccc3c2C(=O)N(C2CCC(=O)NC2=O)C3O)CC1)C(Oc1cccc2ccccc12)C(=O)OC(C)(C)C. The van der Waals surface area contributed by atoms with Crippen molar-refractivity contribution in [2.24, 2.45) is 7.05 Å². The molecule has 3 unspecified atom stereocenters. The molecule has 3 atom stereocenters. The first-order chi connectivity index (χ1) is 32.4. The van der Waals surface area contributed by atoms with Crippen molar-refractivity contribution in [2.45, 2.75) is 91.8 Å². The van der Waals surface area contributed by atoms with Gasteiger partial charge in [-0.2, -0.15) is 5.10 Å². The molecule has 0 radical (unpaired) electrons. The van der Waals surface area contributed by atoms with Crippen LogP contribution in [0.5, 0.6) is 11.5 Å². The van der Waals surface area contributed by atoms with Gasteiger partial charge in [-0.15, -0.1) is 0 Å². The van der Waals surface area contributed by atoms with Crippen LogP contribution in [-0.4, -0.2) is 123 Å². The molecule has 4 aromatic carbocycles. The summed E-state index contributed by atoms with van der Waals surface area (Å²) in [6, 6.07) is 21.7. The molecule has 3 aliphatic rings. The van der Waals surface area contributed by atoms with E-state index in [1.165, 1.54) is 0 Å². The van der Waals surface area contributed by atoms with Crippen LogP contribution in [0.25, 0.3) is 21.9 Å². The van der Waals surface area contributed by atoms with E-state index in [0.29, 0.717) is 51.4 Å². The van der Waals surface area contributed by atoms with Crippen LogP contribution in [-0.2, 0) is 37.4 Å². The monoisotopic (exact) mass is 927 g/mol. The Bertz CT molecular complexity index is 2770. The minimum Gasteiger partial charge on any atom is -0.483 e. The zero-order valence-corrected chi connectivity index (χ0v) is 40.1. The van der Waals surface area contributed by atoms with Gasteiger partial charge in [-0.05, 0) is 83.0 Å². The molecule has 1 aromatic heterocycles. The second kappa shape index (κ2) is 19.4. The quantitative estimate of drug-likeness (QED) is 0.0785. The molecule has 68 heavy (non-hydrogen) atoms. The van der Waals surface area contributed by atoms with Crippen LogP contribution < -0.4 is 19.7 Å². The summed E-state index contributed by atoms with van der Waals surface area (Å²) in [5.74, 6) is -1.83. The first kappa shape index (κ1) is 47.7. The van der Waals surface area contributed by atoms with E-state index in [2.05, 4.69) is 48.0 Å². The van der Waals surface area contributed by atoms with E-state index in [0.717, 1.165) is 55.0 Å². The Hall–Kier alpha value is -6.78. The molecule has 8 rings (SSSR count). The van der Waals surface area contributed by atoms with Crippen molar-refractivity contribution in [3.8, 4) is 22.6 Å². The average molecular weight is 928 g/mol. The zero-order valence-electron chi connectivity index (χ0n) is 40.1. The number of rotatable bonds is 14. The first-order valence-electron chi connectivity index (χ1n) is 23.3. The van der Waals surface area contributed by atoms with Crippen LogP contribution in [0.3, 0.4) is 0 Å². The van der Waals surface area contributed by atoms with Crippen molar-refractivity contribution >= 4 is 46.1 Å². The number of carbonyl (C=O) groups is 5. The molecule has 0 aliphatic carbocycles. The standard InChI is InChI=1S/C52H61N7O9/c1-9-34-21-20-31(2)43(44-32(3)54-55(8)33(44)4)46(34)58(50(51(65)68-52(5,6)7)67-39-18-12-15-35-14-10-11-16-36(35)39)29-26-56-24-27-57(28-25-56)42(61)30-66-40-19-13-17-37-45(40)49(64)59(48(37)63)38-22-23-41(60)53-47(38)62/h10-21,38,48,50,63H,9,22-30H2,1-8H3,(H,53,60,62). The largest absolute Gasteiger partial charge is 0.483 e. The van der Waals surface area contributed by atoms with Crippen LogP contribution in [0.4, 0.5) is 5.69 Å². The Morgan fingerprint density at radius 3 is 2.29 bits per heavy atom. The van der Waals surface area contributed by atoms with Gasteiger partial charge in [-0.1, -0.05) is 67.6 Å². The van der Waals surface area contributed by atoms with E-state index in [1.54, 1.807) is 23.1 Å². The van der Waals surface area contributed by atoms with Gasteiger partial charge in [0.1, 0.15) is 23.1 Å². The summed E-state index contributed by atoms with van der Waals surface area (Å²) in [7, 11) is 1.94. The summed E-state index contributed by atoms with van der Waals surface area (Å²) in [5, 5.41) is 20.0. The normalized spacial score (nSPS) is 18.1. The lowest BCUT2D eigenvalue weighted by Gasteiger charge is -2.39. The molecule has 16 nitrogen and oxygen atoms in total. The highest BCUT2D eigenvalue weighted by Gasteiger charge is 2.46. The number of anilines is 1. The third kappa shape index (κ3) is 9.52. The molecule has 2 fully saturated rings. The Labute approximate surface area is 396 Å². The number of aryl methyl sites for hydroxylation is 4. The van der Waals surface area contributed by atoms with Crippen LogP contribution in [0.1, 0.15) is 85.2 Å². The number of fused-ring (bicyclic) bond motifs is 2. The first-order valence-corrected chi connectivity index (χ1v) is 23.3. The minimum absolute atomic E-state index is 0.0403. The number of nitrogens with one attached hydrogen (secondary N) is 1. The van der Waals surface area contributed by atoms with Gasteiger partial charge in [0.2, 0.25) is 11.8 Å². The van der Waals surface area contributed by atoms with E-state index in [4.69, 9.17) is 19.3 Å². The van der Waals surface area contributed by atoms with Gasteiger partial charge in [0.25, 0.3) is 18.0 Å². The highest BCUT2D eigenvalue weighted by molar-refractivity contribution is 6.07. The third-order valence-corrected chi connectivity index (χ3v) is 13.1. The highest BCUT2D eigenvalue weighted by atomic mass is 16.6. The maximum atomic E-state index is 14.8. The summed E-state index contributed by atoms with van der Waals surface area (Å²) in [6.07, 6.45) is -1.82. The zero-order chi connectivity index (χ0) is 48.6. The number of ether oxygens (including phenoxy) is 3. The number of carbonyl (C=O) groups excluding carboxylic acids is 5. The highest BCUT2D eigenvalue weighted by Crippen LogP contribution is 2.43. The molecule has 358 valence electrons. The number of nitrogens with zero attached hydrogens (tertiary/aromatic N) is 6. The van der Waals surface area contributed by atoms with Gasteiger partial charge in [0, 0.05) is 80.5 Å². The topological polar surface area (TPSA) is 176 Å². The van der Waals surface area contributed by atoms with Crippen LogP contribution in [0.15, 0.2) is 72.8 Å². The molecule has 2 saturated heterocycles. The fourth-order valence-electron chi connectivity index (χ4n) is 9.62. The van der Waals surface area contributed by atoms with Crippen molar-refractivity contribution < 1.29 is 43.3 Å². The smallest absolute Gasteiger partial charge is 0.369 e. The maximum absolute atomic E-state index is 14.8. The molecule has 5 aromatic rings. The molecule has 0 saturated carbocycles. The predicted molar refractivity (Wildman–Crippen MR) is 256 cm³/mol. The number of aliphatic hydroxyl groups excluding tert-OH is 1. The molecular formula is C52H61N7O9. The Balaban J connectivity index is 1.04. The summed E-state index contributed by atoms with van der Waals surface area (Å²) in [4.78, 5) is 73.7. The number of piperazine rings is 1. The second-order valence-electron chi connectivity index (χ2n) is 18.7. The molecule has 3 aliphatic heterocycles. The lowest BCUT2D eigenvalue weighted by atomic mass is 9.92. The predicted octanol–water partition coefficient (Wildman–Crippen LogP) is 5.76. The van der Waals surface area contributed by atoms with E-state index >= 15 is 0 Å².